The molecule has 0 unspecified atom stereocenters. The third-order valence-electron chi connectivity index (χ3n) is 2.47. The summed E-state index contributed by atoms with van der Waals surface area (Å²) in [5.74, 6) is -0.201. The molecule has 0 aliphatic rings. The lowest BCUT2D eigenvalue weighted by molar-refractivity contribution is 0.100. The number of carbonyl (C=O) groups excluding carboxylic acids is 1. The molecule has 0 spiro atoms. The Balaban J connectivity index is 2.77. The van der Waals surface area contributed by atoms with Crippen LogP contribution in [0.2, 0.25) is 0 Å². The topological polar surface area (TPSA) is 78.0 Å². The molecule has 0 saturated carbocycles. The molecule has 2 heterocycles. The van der Waals surface area contributed by atoms with Gasteiger partial charge in [-0.1, -0.05) is 0 Å². The average Bonchev–Trinajstić information content (AvgIpc) is 2.61. The molecule has 7 heteroatoms. The van der Waals surface area contributed by atoms with E-state index in [-0.39, 0.29) is 5.56 Å². The number of hydrogen-bond donors (Lipinski definition) is 1. The van der Waals surface area contributed by atoms with Crippen LogP contribution in [0.1, 0.15) is 15.2 Å². The number of alkyl halides is 1. The lowest BCUT2D eigenvalue weighted by Gasteiger charge is -2.01. The van der Waals surface area contributed by atoms with Crippen molar-refractivity contribution in [3.8, 4) is 0 Å². The van der Waals surface area contributed by atoms with Crippen LogP contribution in [0.4, 0.5) is 0 Å². The van der Waals surface area contributed by atoms with Crippen molar-refractivity contribution in [1.29, 1.82) is 0 Å². The number of primary amides is 1. The van der Waals surface area contributed by atoms with E-state index in [4.69, 9.17) is 17.3 Å². The van der Waals surface area contributed by atoms with E-state index >= 15 is 0 Å². The van der Waals surface area contributed by atoms with Crippen molar-refractivity contribution in [2.45, 2.75) is 13.5 Å². The Morgan fingerprint density at radius 1 is 1.65 bits per heavy atom. The molecule has 0 radical (unpaired) electrons. The first-order valence-electron chi connectivity index (χ1n) is 4.90. The standard InChI is InChI=1S/C10H10ClN3O2S/c1-5-6-9(17-7(5)8(12)15)13-4-14(3-2-11)10(6)16/h4H,2-3H2,1H3,(H2,12,15). The second-order valence-electron chi connectivity index (χ2n) is 3.53. The van der Waals surface area contributed by atoms with Crippen LogP contribution in [0.5, 0.6) is 0 Å². The fourth-order valence-electron chi connectivity index (χ4n) is 1.64. The molecule has 0 fully saturated rings. The predicted molar refractivity (Wildman–Crippen MR) is 67.9 cm³/mol. The van der Waals surface area contributed by atoms with E-state index in [0.29, 0.717) is 33.1 Å². The Kier molecular flexibility index (Phi) is 3.17. The molecule has 5 nitrogen and oxygen atoms in total. The third kappa shape index (κ3) is 1.94. The summed E-state index contributed by atoms with van der Waals surface area (Å²) < 4.78 is 1.43. The summed E-state index contributed by atoms with van der Waals surface area (Å²) in [5, 5.41) is 0.455. The minimum atomic E-state index is -0.534. The molecule has 2 N–H and O–H groups in total. The molecule has 1 amide bonds. The number of aryl methyl sites for hydroxylation is 2. The summed E-state index contributed by atoms with van der Waals surface area (Å²) in [7, 11) is 0. The molecule has 0 aliphatic carbocycles. The van der Waals surface area contributed by atoms with Gasteiger partial charge in [0.2, 0.25) is 0 Å². The summed E-state index contributed by atoms with van der Waals surface area (Å²) >= 11 is 6.74. The molecule has 2 aromatic heterocycles. The van der Waals surface area contributed by atoms with Gasteiger partial charge in [0, 0.05) is 12.4 Å². The summed E-state index contributed by atoms with van der Waals surface area (Å²) in [6.07, 6.45) is 1.44. The number of hydrogen-bond acceptors (Lipinski definition) is 4. The summed E-state index contributed by atoms with van der Waals surface area (Å²) in [6.45, 7) is 2.09. The number of nitrogens with two attached hydrogens (primary N) is 1. The zero-order valence-electron chi connectivity index (χ0n) is 9.07. The normalized spacial score (nSPS) is 10.9. The molecule has 0 aliphatic heterocycles. The minimum Gasteiger partial charge on any atom is -0.365 e. The van der Waals surface area contributed by atoms with Crippen molar-refractivity contribution in [1.82, 2.24) is 9.55 Å². The fraction of sp³-hybridized carbons (Fsp3) is 0.300. The number of amides is 1. The lowest BCUT2D eigenvalue weighted by atomic mass is 10.2. The quantitative estimate of drug-likeness (QED) is 0.849. The number of carbonyl (C=O) groups is 1. The maximum Gasteiger partial charge on any atom is 0.262 e. The Labute approximate surface area is 106 Å². The Bertz CT molecular complexity index is 647. The predicted octanol–water partition coefficient (Wildman–Crippen LogP) is 1.10. The highest BCUT2D eigenvalue weighted by atomic mass is 35.5. The summed E-state index contributed by atoms with van der Waals surface area (Å²) in [5.41, 5.74) is 5.65. The molecule has 0 bridgehead atoms. The van der Waals surface area contributed by atoms with Gasteiger partial charge in [-0.05, 0) is 12.5 Å². The zero-order valence-corrected chi connectivity index (χ0v) is 10.6. The number of rotatable bonds is 3. The number of fused-ring (bicyclic) bond motifs is 1. The number of thiophene rings is 1. The molecule has 0 atom stereocenters. The van der Waals surface area contributed by atoms with Crippen LogP contribution in [0.25, 0.3) is 10.2 Å². The van der Waals surface area contributed by atoms with Gasteiger partial charge in [0.15, 0.2) is 0 Å². The number of nitrogens with zero attached hydrogens (tertiary/aromatic N) is 2. The molecular weight excluding hydrogens is 262 g/mol. The van der Waals surface area contributed by atoms with E-state index in [2.05, 4.69) is 4.98 Å². The van der Waals surface area contributed by atoms with Gasteiger partial charge >= 0.3 is 0 Å². The van der Waals surface area contributed by atoms with Gasteiger partial charge in [0.1, 0.15) is 4.83 Å². The van der Waals surface area contributed by atoms with Crippen molar-refractivity contribution >= 4 is 39.1 Å². The van der Waals surface area contributed by atoms with Gasteiger partial charge in [0.25, 0.3) is 11.5 Å². The van der Waals surface area contributed by atoms with E-state index in [0.717, 1.165) is 11.3 Å². The highest BCUT2D eigenvalue weighted by Gasteiger charge is 2.17. The lowest BCUT2D eigenvalue weighted by Crippen LogP contribution is -2.21. The monoisotopic (exact) mass is 271 g/mol. The summed E-state index contributed by atoms with van der Waals surface area (Å²) in [4.78, 5) is 28.3. The third-order valence-corrected chi connectivity index (χ3v) is 3.85. The number of aromatic nitrogens is 2. The molecule has 2 aromatic rings. The van der Waals surface area contributed by atoms with Crippen LogP contribution in [-0.2, 0) is 6.54 Å². The molecule has 0 aromatic carbocycles. The largest absolute Gasteiger partial charge is 0.365 e. The maximum absolute atomic E-state index is 12.1. The Morgan fingerprint density at radius 3 is 2.94 bits per heavy atom. The second kappa shape index (κ2) is 4.46. The van der Waals surface area contributed by atoms with Crippen LogP contribution in [0, 0.1) is 6.92 Å². The fourth-order valence-corrected chi connectivity index (χ4v) is 2.82. The van der Waals surface area contributed by atoms with Crippen molar-refractivity contribution in [3.63, 3.8) is 0 Å². The van der Waals surface area contributed by atoms with Gasteiger partial charge in [0.05, 0.1) is 16.6 Å². The van der Waals surface area contributed by atoms with E-state index in [1.54, 1.807) is 6.92 Å². The minimum absolute atomic E-state index is 0.183. The van der Waals surface area contributed by atoms with Crippen LogP contribution >= 0.6 is 22.9 Å². The summed E-state index contributed by atoms with van der Waals surface area (Å²) in [6, 6.07) is 0. The zero-order chi connectivity index (χ0) is 12.6. The van der Waals surface area contributed by atoms with Gasteiger partial charge in [-0.15, -0.1) is 22.9 Å². The first kappa shape index (κ1) is 12.1. The van der Waals surface area contributed by atoms with Gasteiger partial charge < -0.3 is 5.73 Å². The van der Waals surface area contributed by atoms with E-state index in [1.807, 2.05) is 0 Å². The molecule has 90 valence electrons. The highest BCUT2D eigenvalue weighted by molar-refractivity contribution is 7.20. The first-order chi connectivity index (χ1) is 8.06. The van der Waals surface area contributed by atoms with Gasteiger partial charge in [-0.3, -0.25) is 14.2 Å². The van der Waals surface area contributed by atoms with Gasteiger partial charge in [-0.2, -0.15) is 0 Å². The second-order valence-corrected chi connectivity index (χ2v) is 4.91. The van der Waals surface area contributed by atoms with Crippen molar-refractivity contribution in [2.75, 3.05) is 5.88 Å². The SMILES string of the molecule is Cc1c(C(N)=O)sc2ncn(CCCl)c(=O)c12. The smallest absolute Gasteiger partial charge is 0.262 e. The average molecular weight is 272 g/mol. The molecule has 2 rings (SSSR count). The van der Waals surface area contributed by atoms with E-state index in [9.17, 15) is 9.59 Å². The van der Waals surface area contributed by atoms with Crippen LogP contribution in [0.3, 0.4) is 0 Å². The molecular formula is C10H10ClN3O2S. The Morgan fingerprint density at radius 2 is 2.35 bits per heavy atom. The maximum atomic E-state index is 12.1. The van der Waals surface area contributed by atoms with Gasteiger partial charge in [-0.25, -0.2) is 4.98 Å². The Hall–Kier alpha value is -1.40. The van der Waals surface area contributed by atoms with Crippen LogP contribution in [-0.4, -0.2) is 21.3 Å². The van der Waals surface area contributed by atoms with Crippen molar-refractivity contribution < 1.29 is 4.79 Å². The van der Waals surface area contributed by atoms with Crippen molar-refractivity contribution in [2.24, 2.45) is 5.73 Å². The van der Waals surface area contributed by atoms with E-state index < -0.39 is 5.91 Å². The van der Waals surface area contributed by atoms with E-state index in [1.165, 1.54) is 10.9 Å². The molecule has 0 saturated heterocycles. The number of halogens is 1. The highest BCUT2D eigenvalue weighted by Crippen LogP contribution is 2.26. The first-order valence-corrected chi connectivity index (χ1v) is 6.25. The molecule has 17 heavy (non-hydrogen) atoms. The van der Waals surface area contributed by atoms with Crippen molar-refractivity contribution in [3.05, 3.63) is 27.1 Å². The van der Waals surface area contributed by atoms with Crippen LogP contribution < -0.4 is 11.3 Å². The van der Waals surface area contributed by atoms with Crippen LogP contribution in [0.15, 0.2) is 11.1 Å².